The molecule has 0 amide bonds. The van der Waals surface area contributed by atoms with E-state index >= 15 is 0 Å². The van der Waals surface area contributed by atoms with Crippen LogP contribution >= 0.6 is 0 Å². The van der Waals surface area contributed by atoms with Gasteiger partial charge in [-0.25, -0.2) is 13.4 Å². The fraction of sp³-hybridized carbons (Fsp3) is 0.333. The van der Waals surface area contributed by atoms with Crippen molar-refractivity contribution in [3.8, 4) is 5.75 Å². The molecule has 0 atom stereocenters. The highest BCUT2D eigenvalue weighted by molar-refractivity contribution is 7.92. The summed E-state index contributed by atoms with van der Waals surface area (Å²) in [4.78, 5) is 11.5. The van der Waals surface area contributed by atoms with Crippen LogP contribution in [0.5, 0.6) is 5.75 Å². The molecule has 0 aliphatic carbocycles. The van der Waals surface area contributed by atoms with Crippen molar-refractivity contribution < 1.29 is 17.9 Å². The first-order valence-corrected chi connectivity index (χ1v) is 12.5. The third-order valence-electron chi connectivity index (χ3n) is 5.77. The van der Waals surface area contributed by atoms with Gasteiger partial charge in [0.1, 0.15) is 11.6 Å². The lowest BCUT2D eigenvalue weighted by atomic mass is 10.1. The van der Waals surface area contributed by atoms with Crippen LogP contribution in [0.4, 0.5) is 23.1 Å². The van der Waals surface area contributed by atoms with Gasteiger partial charge in [0, 0.05) is 36.2 Å². The van der Waals surface area contributed by atoms with Crippen LogP contribution in [-0.4, -0.2) is 51.8 Å². The Bertz CT molecular complexity index is 1270. The summed E-state index contributed by atoms with van der Waals surface area (Å²) in [6, 6.07) is 12.1. The third-order valence-corrected chi connectivity index (χ3v) is 7.29. The van der Waals surface area contributed by atoms with Gasteiger partial charge in [-0.2, -0.15) is 4.98 Å². The van der Waals surface area contributed by atoms with Crippen LogP contribution in [0.3, 0.4) is 0 Å². The Balaban J connectivity index is 1.49. The number of aryl methyl sites for hydroxylation is 1. The van der Waals surface area contributed by atoms with E-state index in [4.69, 9.17) is 9.47 Å². The number of methoxy groups -OCH3 is 1. The summed E-state index contributed by atoms with van der Waals surface area (Å²) in [7, 11) is -2.19. The van der Waals surface area contributed by atoms with Gasteiger partial charge >= 0.3 is 0 Å². The number of hydrogen-bond acceptors (Lipinski definition) is 8. The van der Waals surface area contributed by atoms with E-state index in [0.717, 1.165) is 35.9 Å². The molecule has 0 radical (unpaired) electrons. The molecular formula is C24H29N5O4S. The first-order valence-electron chi connectivity index (χ1n) is 11.0. The maximum Gasteiger partial charge on any atom is 0.262 e. The molecule has 34 heavy (non-hydrogen) atoms. The summed E-state index contributed by atoms with van der Waals surface area (Å²) < 4.78 is 39.3. The molecule has 1 aliphatic rings. The first kappa shape index (κ1) is 23.8. The van der Waals surface area contributed by atoms with E-state index in [2.05, 4.69) is 24.9 Å². The lowest BCUT2D eigenvalue weighted by molar-refractivity contribution is 0.122. The molecule has 2 aromatic carbocycles. The molecule has 2 N–H and O–H groups in total. The Morgan fingerprint density at radius 3 is 2.29 bits per heavy atom. The average Bonchev–Trinajstić information content (AvgIpc) is 2.82. The SMILES string of the molecule is COc1ccc(S(=O)(=O)Nc2ccc(Nc3nc(C)cc(N4CCOCC4)n3)cc2)c(C)c1C. The summed E-state index contributed by atoms with van der Waals surface area (Å²) in [6.45, 7) is 8.48. The Kier molecular flexibility index (Phi) is 6.90. The van der Waals surface area contributed by atoms with Crippen molar-refractivity contribution in [2.24, 2.45) is 0 Å². The normalized spacial score (nSPS) is 14.1. The predicted octanol–water partition coefficient (Wildman–Crippen LogP) is 3.79. The number of nitrogens with zero attached hydrogens (tertiary/aromatic N) is 3. The van der Waals surface area contributed by atoms with Crippen molar-refractivity contribution in [3.63, 3.8) is 0 Å². The number of hydrogen-bond donors (Lipinski definition) is 2. The molecule has 1 aromatic heterocycles. The molecule has 0 unspecified atom stereocenters. The van der Waals surface area contributed by atoms with E-state index in [1.54, 1.807) is 50.4 Å². The number of rotatable bonds is 7. The average molecular weight is 484 g/mol. The van der Waals surface area contributed by atoms with Gasteiger partial charge in [-0.3, -0.25) is 4.72 Å². The molecular weight excluding hydrogens is 454 g/mol. The molecule has 9 nitrogen and oxygen atoms in total. The van der Waals surface area contributed by atoms with Gasteiger partial charge in [-0.05, 0) is 68.3 Å². The molecule has 180 valence electrons. The zero-order valence-electron chi connectivity index (χ0n) is 19.8. The van der Waals surface area contributed by atoms with Crippen LogP contribution in [0.15, 0.2) is 47.4 Å². The van der Waals surface area contributed by atoms with E-state index < -0.39 is 10.0 Å². The minimum absolute atomic E-state index is 0.219. The van der Waals surface area contributed by atoms with Gasteiger partial charge in [0.25, 0.3) is 10.0 Å². The van der Waals surface area contributed by atoms with Crippen LogP contribution < -0.4 is 19.7 Å². The predicted molar refractivity (Wildman–Crippen MR) is 133 cm³/mol. The third kappa shape index (κ3) is 5.23. The van der Waals surface area contributed by atoms with E-state index in [1.807, 2.05) is 19.9 Å². The number of sulfonamides is 1. The lowest BCUT2D eigenvalue weighted by Gasteiger charge is -2.28. The van der Waals surface area contributed by atoms with Gasteiger partial charge in [0.2, 0.25) is 5.95 Å². The minimum Gasteiger partial charge on any atom is -0.496 e. The maximum absolute atomic E-state index is 13.0. The fourth-order valence-electron chi connectivity index (χ4n) is 3.81. The summed E-state index contributed by atoms with van der Waals surface area (Å²) in [5.41, 5.74) is 3.50. The number of ether oxygens (including phenoxy) is 2. The summed E-state index contributed by atoms with van der Waals surface area (Å²) >= 11 is 0. The first-order chi connectivity index (χ1) is 16.3. The quantitative estimate of drug-likeness (QED) is 0.523. The monoisotopic (exact) mass is 483 g/mol. The number of benzene rings is 2. The van der Waals surface area contributed by atoms with Crippen LogP contribution in [0.1, 0.15) is 16.8 Å². The van der Waals surface area contributed by atoms with Gasteiger partial charge in [0.05, 0.1) is 25.2 Å². The maximum atomic E-state index is 13.0. The van der Waals surface area contributed by atoms with Crippen molar-refractivity contribution in [3.05, 3.63) is 59.3 Å². The minimum atomic E-state index is -3.75. The zero-order chi connectivity index (χ0) is 24.3. The van der Waals surface area contributed by atoms with Crippen molar-refractivity contribution in [1.82, 2.24) is 9.97 Å². The van der Waals surface area contributed by atoms with Crippen LogP contribution in [-0.2, 0) is 14.8 Å². The highest BCUT2D eigenvalue weighted by atomic mass is 32.2. The van der Waals surface area contributed by atoms with Crippen LogP contribution in [0.25, 0.3) is 0 Å². The molecule has 0 saturated carbocycles. The second kappa shape index (κ2) is 9.86. The fourth-order valence-corrected chi connectivity index (χ4v) is 5.17. The highest BCUT2D eigenvalue weighted by Crippen LogP contribution is 2.28. The van der Waals surface area contributed by atoms with Gasteiger partial charge < -0.3 is 19.7 Å². The van der Waals surface area contributed by atoms with Crippen LogP contribution in [0.2, 0.25) is 0 Å². The smallest absolute Gasteiger partial charge is 0.262 e. The van der Waals surface area contributed by atoms with E-state index in [1.165, 1.54) is 0 Å². The molecule has 10 heteroatoms. The van der Waals surface area contributed by atoms with Crippen molar-refractivity contribution >= 4 is 33.2 Å². The second-order valence-electron chi connectivity index (χ2n) is 8.11. The number of morpholine rings is 1. The summed E-state index contributed by atoms with van der Waals surface area (Å²) in [5, 5.41) is 3.20. The summed E-state index contributed by atoms with van der Waals surface area (Å²) in [6.07, 6.45) is 0. The Labute approximate surface area is 200 Å². The second-order valence-corrected chi connectivity index (χ2v) is 9.77. The molecule has 3 aromatic rings. The standard InChI is InChI=1S/C24H29N5O4S/c1-16-15-23(29-11-13-33-14-12-29)27-24(25-16)26-19-5-7-20(8-6-19)28-34(30,31)22-10-9-21(32-4)17(2)18(22)3/h5-10,15,28H,11-14H2,1-4H3,(H,25,26,27). The Morgan fingerprint density at radius 1 is 0.941 bits per heavy atom. The number of aromatic nitrogens is 2. The molecule has 0 bridgehead atoms. The molecule has 1 aliphatic heterocycles. The topological polar surface area (TPSA) is 106 Å². The highest BCUT2D eigenvalue weighted by Gasteiger charge is 2.20. The Morgan fingerprint density at radius 2 is 1.62 bits per heavy atom. The van der Waals surface area contributed by atoms with Crippen molar-refractivity contribution in [2.75, 3.05) is 48.4 Å². The Hall–Kier alpha value is -3.37. The van der Waals surface area contributed by atoms with Crippen molar-refractivity contribution in [1.29, 1.82) is 0 Å². The van der Waals surface area contributed by atoms with Gasteiger partial charge in [0.15, 0.2) is 0 Å². The van der Waals surface area contributed by atoms with E-state index in [0.29, 0.717) is 36.2 Å². The molecule has 1 saturated heterocycles. The molecule has 4 rings (SSSR count). The largest absolute Gasteiger partial charge is 0.496 e. The van der Waals surface area contributed by atoms with Gasteiger partial charge in [-0.15, -0.1) is 0 Å². The number of nitrogens with one attached hydrogen (secondary N) is 2. The molecule has 1 fully saturated rings. The lowest BCUT2D eigenvalue weighted by Crippen LogP contribution is -2.36. The number of anilines is 4. The molecule has 2 heterocycles. The van der Waals surface area contributed by atoms with E-state index in [9.17, 15) is 8.42 Å². The van der Waals surface area contributed by atoms with Gasteiger partial charge in [-0.1, -0.05) is 0 Å². The van der Waals surface area contributed by atoms with Crippen molar-refractivity contribution in [2.45, 2.75) is 25.7 Å². The van der Waals surface area contributed by atoms with Crippen LogP contribution in [0, 0.1) is 20.8 Å². The zero-order valence-corrected chi connectivity index (χ0v) is 20.6. The van der Waals surface area contributed by atoms with E-state index in [-0.39, 0.29) is 4.90 Å². The summed E-state index contributed by atoms with van der Waals surface area (Å²) in [5.74, 6) is 1.99. The molecule has 0 spiro atoms.